The second-order valence-corrected chi connectivity index (χ2v) is 6.52. The number of carbonyl (C=O) groups excluding carboxylic acids is 2. The van der Waals surface area contributed by atoms with Crippen molar-refractivity contribution in [2.75, 3.05) is 19.7 Å². The quantitative estimate of drug-likeness (QED) is 0.877. The average Bonchev–Trinajstić information content (AvgIpc) is 2.64. The van der Waals surface area contributed by atoms with Gasteiger partial charge in [-0.05, 0) is 42.3 Å². The molecule has 2 aromatic rings. The van der Waals surface area contributed by atoms with E-state index in [1.807, 2.05) is 31.2 Å². The summed E-state index contributed by atoms with van der Waals surface area (Å²) < 4.78 is 5.42. The van der Waals surface area contributed by atoms with Crippen LogP contribution >= 0.6 is 11.6 Å². The van der Waals surface area contributed by atoms with Gasteiger partial charge in [-0.25, -0.2) is 0 Å². The second-order valence-electron chi connectivity index (χ2n) is 6.09. The van der Waals surface area contributed by atoms with E-state index in [9.17, 15) is 9.59 Å². The van der Waals surface area contributed by atoms with E-state index in [4.69, 9.17) is 16.3 Å². The number of ether oxygens (including phenoxy) is 1. The predicted octanol–water partition coefficient (Wildman–Crippen LogP) is 2.98. The Morgan fingerprint density at radius 2 is 1.88 bits per heavy atom. The van der Waals surface area contributed by atoms with E-state index in [-0.39, 0.29) is 18.2 Å². The van der Waals surface area contributed by atoms with Crippen LogP contribution in [0, 0.1) is 0 Å². The molecule has 136 valence electrons. The van der Waals surface area contributed by atoms with Crippen molar-refractivity contribution in [2.45, 2.75) is 19.4 Å². The molecule has 2 amide bonds. The molecule has 3 rings (SSSR count). The van der Waals surface area contributed by atoms with Crippen LogP contribution in [0.25, 0.3) is 0 Å². The van der Waals surface area contributed by atoms with Crippen molar-refractivity contribution >= 4 is 23.4 Å². The fraction of sp³-hybridized carbons (Fsp3) is 0.300. The van der Waals surface area contributed by atoms with E-state index >= 15 is 0 Å². The molecule has 5 nitrogen and oxygen atoms in total. The Hall–Kier alpha value is -2.53. The van der Waals surface area contributed by atoms with Crippen LogP contribution in [0.5, 0.6) is 5.75 Å². The molecule has 1 saturated heterocycles. The highest BCUT2D eigenvalue weighted by Crippen LogP contribution is 2.25. The maximum absolute atomic E-state index is 12.9. The van der Waals surface area contributed by atoms with Gasteiger partial charge in [0.25, 0.3) is 0 Å². The highest BCUT2D eigenvalue weighted by atomic mass is 35.5. The van der Waals surface area contributed by atoms with Gasteiger partial charge in [0.15, 0.2) is 0 Å². The van der Waals surface area contributed by atoms with Crippen LogP contribution in [0.1, 0.15) is 24.1 Å². The Morgan fingerprint density at radius 3 is 2.54 bits per heavy atom. The van der Waals surface area contributed by atoms with E-state index in [1.54, 1.807) is 29.2 Å². The van der Waals surface area contributed by atoms with Crippen LogP contribution in [-0.2, 0) is 16.0 Å². The zero-order valence-electron chi connectivity index (χ0n) is 14.6. The summed E-state index contributed by atoms with van der Waals surface area (Å²) in [7, 11) is 0. The maximum Gasteiger partial charge on any atom is 0.247 e. The highest BCUT2D eigenvalue weighted by molar-refractivity contribution is 6.30. The van der Waals surface area contributed by atoms with Crippen molar-refractivity contribution in [3.8, 4) is 5.75 Å². The van der Waals surface area contributed by atoms with Crippen LogP contribution in [0.15, 0.2) is 48.5 Å². The van der Waals surface area contributed by atoms with Gasteiger partial charge in [0, 0.05) is 18.1 Å². The Labute approximate surface area is 157 Å². The lowest BCUT2D eigenvalue weighted by Crippen LogP contribution is -2.52. The first kappa shape index (κ1) is 18.3. The minimum Gasteiger partial charge on any atom is -0.494 e. The zero-order chi connectivity index (χ0) is 18.5. The van der Waals surface area contributed by atoms with Crippen molar-refractivity contribution in [1.29, 1.82) is 0 Å². The number of benzene rings is 2. The van der Waals surface area contributed by atoms with Crippen LogP contribution in [0.3, 0.4) is 0 Å². The molecule has 1 aliphatic rings. The summed E-state index contributed by atoms with van der Waals surface area (Å²) in [6.45, 7) is 3.46. The van der Waals surface area contributed by atoms with Gasteiger partial charge in [-0.15, -0.1) is 0 Å². The summed E-state index contributed by atoms with van der Waals surface area (Å²) in [6.07, 6.45) is 0.240. The molecular formula is C20H21ClN2O3. The number of piperazine rings is 1. The molecule has 1 atom stereocenters. The number of amides is 2. The lowest BCUT2D eigenvalue weighted by atomic mass is 10.0. The number of carbonyl (C=O) groups is 2. The molecule has 0 radical (unpaired) electrons. The number of nitrogens with one attached hydrogen (secondary N) is 1. The van der Waals surface area contributed by atoms with E-state index in [2.05, 4.69) is 5.32 Å². The predicted molar refractivity (Wildman–Crippen MR) is 100 cm³/mol. The first-order chi connectivity index (χ1) is 12.6. The van der Waals surface area contributed by atoms with Crippen LogP contribution in [0.2, 0.25) is 5.02 Å². The summed E-state index contributed by atoms with van der Waals surface area (Å²) in [5.74, 6) is 0.530. The number of hydrogen-bond donors (Lipinski definition) is 1. The zero-order valence-corrected chi connectivity index (χ0v) is 15.3. The first-order valence-corrected chi connectivity index (χ1v) is 9.00. The third-order valence-corrected chi connectivity index (χ3v) is 4.56. The largest absolute Gasteiger partial charge is 0.494 e. The topological polar surface area (TPSA) is 58.6 Å². The van der Waals surface area contributed by atoms with Crippen LogP contribution in [-0.4, -0.2) is 36.4 Å². The van der Waals surface area contributed by atoms with Gasteiger partial charge < -0.3 is 15.0 Å². The molecule has 1 unspecified atom stereocenters. The lowest BCUT2D eigenvalue weighted by molar-refractivity contribution is -0.143. The Balaban J connectivity index is 1.77. The van der Waals surface area contributed by atoms with E-state index in [1.165, 1.54) is 0 Å². The SMILES string of the molecule is CCOc1ccc(CC(=O)N2CCNC(=O)C2c2ccc(Cl)cc2)cc1. The molecule has 0 bridgehead atoms. The Bertz CT molecular complexity index is 775. The molecule has 2 aromatic carbocycles. The number of hydrogen-bond acceptors (Lipinski definition) is 3. The summed E-state index contributed by atoms with van der Waals surface area (Å²) >= 11 is 5.94. The van der Waals surface area contributed by atoms with Crippen LogP contribution < -0.4 is 10.1 Å². The lowest BCUT2D eigenvalue weighted by Gasteiger charge is -2.35. The van der Waals surface area contributed by atoms with Gasteiger partial charge in [-0.3, -0.25) is 9.59 Å². The maximum atomic E-state index is 12.9. The second kappa shape index (κ2) is 8.23. The molecule has 26 heavy (non-hydrogen) atoms. The smallest absolute Gasteiger partial charge is 0.247 e. The molecule has 0 spiro atoms. The van der Waals surface area contributed by atoms with Gasteiger partial charge in [0.1, 0.15) is 11.8 Å². The van der Waals surface area contributed by atoms with Crippen molar-refractivity contribution in [3.05, 3.63) is 64.7 Å². The Morgan fingerprint density at radius 1 is 1.19 bits per heavy atom. The first-order valence-electron chi connectivity index (χ1n) is 8.63. The van der Waals surface area contributed by atoms with Gasteiger partial charge in [0.2, 0.25) is 11.8 Å². The fourth-order valence-electron chi connectivity index (χ4n) is 3.06. The van der Waals surface area contributed by atoms with Crippen LogP contribution in [0.4, 0.5) is 0 Å². The van der Waals surface area contributed by atoms with E-state index < -0.39 is 6.04 Å². The molecule has 0 saturated carbocycles. The fourth-order valence-corrected chi connectivity index (χ4v) is 3.18. The van der Waals surface area contributed by atoms with Gasteiger partial charge in [-0.2, -0.15) is 0 Å². The average molecular weight is 373 g/mol. The normalized spacial score (nSPS) is 16.9. The van der Waals surface area contributed by atoms with Crippen molar-refractivity contribution < 1.29 is 14.3 Å². The third-order valence-electron chi connectivity index (χ3n) is 4.31. The highest BCUT2D eigenvalue weighted by Gasteiger charge is 2.34. The molecule has 6 heteroatoms. The van der Waals surface area contributed by atoms with Crippen molar-refractivity contribution in [1.82, 2.24) is 10.2 Å². The summed E-state index contributed by atoms with van der Waals surface area (Å²) in [5.41, 5.74) is 1.64. The minimum atomic E-state index is -0.629. The standard InChI is InChI=1S/C20H21ClN2O3/c1-2-26-17-9-3-14(4-10-17)13-18(24)23-12-11-22-20(25)19(23)15-5-7-16(21)8-6-15/h3-10,19H,2,11-13H2,1H3,(H,22,25). The minimum absolute atomic E-state index is 0.0797. The number of halogens is 1. The monoisotopic (exact) mass is 372 g/mol. The number of nitrogens with zero attached hydrogens (tertiary/aromatic N) is 1. The molecule has 0 aliphatic carbocycles. The van der Waals surface area contributed by atoms with Gasteiger partial charge in [-0.1, -0.05) is 35.9 Å². The van der Waals surface area contributed by atoms with E-state index in [0.717, 1.165) is 16.9 Å². The summed E-state index contributed by atoms with van der Waals surface area (Å²) in [5, 5.41) is 3.43. The van der Waals surface area contributed by atoms with E-state index in [0.29, 0.717) is 24.7 Å². The Kier molecular flexibility index (Phi) is 5.78. The summed E-state index contributed by atoms with van der Waals surface area (Å²) in [6, 6.07) is 13.9. The third kappa shape index (κ3) is 4.17. The van der Waals surface area contributed by atoms with Gasteiger partial charge in [0.05, 0.1) is 13.0 Å². The number of rotatable bonds is 5. The van der Waals surface area contributed by atoms with Gasteiger partial charge >= 0.3 is 0 Å². The molecule has 1 aliphatic heterocycles. The molecule has 1 heterocycles. The van der Waals surface area contributed by atoms with Crippen molar-refractivity contribution in [3.63, 3.8) is 0 Å². The van der Waals surface area contributed by atoms with Crippen molar-refractivity contribution in [2.24, 2.45) is 0 Å². The molecular weight excluding hydrogens is 352 g/mol. The molecule has 1 N–H and O–H groups in total. The molecule has 1 fully saturated rings. The summed E-state index contributed by atoms with van der Waals surface area (Å²) in [4.78, 5) is 26.9. The molecule has 0 aromatic heterocycles.